The van der Waals surface area contributed by atoms with Crippen molar-refractivity contribution in [1.29, 1.82) is 0 Å². The number of halogens is 1. The van der Waals surface area contributed by atoms with E-state index in [1.807, 2.05) is 31.2 Å². The molecule has 0 fully saturated rings. The number of anilines is 1. The molecule has 0 aliphatic heterocycles. The molecule has 4 nitrogen and oxygen atoms in total. The Morgan fingerprint density at radius 2 is 1.90 bits per heavy atom. The number of nitrogens with zero attached hydrogens (tertiary/aromatic N) is 1. The molecule has 1 atom stereocenters. The van der Waals surface area contributed by atoms with Gasteiger partial charge in [-0.25, -0.2) is 9.78 Å². The van der Waals surface area contributed by atoms with Crippen LogP contribution in [0.2, 0.25) is 0 Å². The SMILES string of the molecule is Cc1nc(NC(C)c2ccc(Br)cc2)ccc1C(=O)O. The molecular weight excluding hydrogens is 320 g/mol. The molecule has 2 aromatic rings. The van der Waals surface area contributed by atoms with E-state index in [1.165, 1.54) is 0 Å². The third-order valence-electron chi connectivity index (χ3n) is 3.05. The number of rotatable bonds is 4. The van der Waals surface area contributed by atoms with Crippen molar-refractivity contribution in [3.63, 3.8) is 0 Å². The van der Waals surface area contributed by atoms with Gasteiger partial charge in [-0.15, -0.1) is 0 Å². The summed E-state index contributed by atoms with van der Waals surface area (Å²) in [5.74, 6) is -0.287. The quantitative estimate of drug-likeness (QED) is 0.886. The van der Waals surface area contributed by atoms with Gasteiger partial charge >= 0.3 is 5.97 Å². The lowest BCUT2D eigenvalue weighted by atomic mass is 10.1. The van der Waals surface area contributed by atoms with Crippen LogP contribution in [0.25, 0.3) is 0 Å². The normalized spacial score (nSPS) is 11.9. The fourth-order valence-corrected chi connectivity index (χ4v) is 2.19. The predicted octanol–water partition coefficient (Wildman–Crippen LogP) is 4.02. The van der Waals surface area contributed by atoms with Gasteiger partial charge in [0, 0.05) is 10.5 Å². The number of carboxylic acids is 1. The Hall–Kier alpha value is -1.88. The maximum atomic E-state index is 10.9. The number of benzene rings is 1. The van der Waals surface area contributed by atoms with Gasteiger partial charge in [0.15, 0.2) is 0 Å². The molecule has 104 valence electrons. The van der Waals surface area contributed by atoms with Crippen LogP contribution in [-0.4, -0.2) is 16.1 Å². The Balaban J connectivity index is 2.15. The lowest BCUT2D eigenvalue weighted by Gasteiger charge is -2.15. The second-order valence-corrected chi connectivity index (χ2v) is 5.47. The molecule has 20 heavy (non-hydrogen) atoms. The van der Waals surface area contributed by atoms with Gasteiger partial charge in [-0.3, -0.25) is 0 Å². The lowest BCUT2D eigenvalue weighted by Crippen LogP contribution is -2.10. The van der Waals surface area contributed by atoms with Gasteiger partial charge in [-0.2, -0.15) is 0 Å². The van der Waals surface area contributed by atoms with E-state index in [2.05, 4.69) is 26.2 Å². The molecule has 0 saturated carbocycles. The summed E-state index contributed by atoms with van der Waals surface area (Å²) in [5.41, 5.74) is 1.87. The number of pyridine rings is 1. The zero-order valence-electron chi connectivity index (χ0n) is 11.2. The van der Waals surface area contributed by atoms with Crippen molar-refractivity contribution in [3.8, 4) is 0 Å². The lowest BCUT2D eigenvalue weighted by molar-refractivity contribution is 0.0695. The van der Waals surface area contributed by atoms with Gasteiger partial charge in [-0.05, 0) is 43.7 Å². The molecule has 1 heterocycles. The average molecular weight is 335 g/mol. The Labute approximate surface area is 126 Å². The third kappa shape index (κ3) is 3.36. The van der Waals surface area contributed by atoms with Crippen molar-refractivity contribution in [2.75, 3.05) is 5.32 Å². The molecule has 0 spiro atoms. The van der Waals surface area contributed by atoms with Gasteiger partial charge in [0.25, 0.3) is 0 Å². The fraction of sp³-hybridized carbons (Fsp3) is 0.200. The number of nitrogens with one attached hydrogen (secondary N) is 1. The van der Waals surface area contributed by atoms with Crippen molar-refractivity contribution in [1.82, 2.24) is 4.98 Å². The number of hydrogen-bond donors (Lipinski definition) is 2. The molecule has 2 rings (SSSR count). The van der Waals surface area contributed by atoms with Crippen molar-refractivity contribution in [3.05, 3.63) is 57.7 Å². The molecule has 0 saturated heterocycles. The number of carbonyl (C=O) groups is 1. The summed E-state index contributed by atoms with van der Waals surface area (Å²) in [4.78, 5) is 15.2. The van der Waals surface area contributed by atoms with Crippen LogP contribution >= 0.6 is 15.9 Å². The van der Waals surface area contributed by atoms with E-state index in [0.717, 1.165) is 10.0 Å². The summed E-state index contributed by atoms with van der Waals surface area (Å²) in [7, 11) is 0. The largest absolute Gasteiger partial charge is 0.478 e. The molecule has 2 N–H and O–H groups in total. The number of aromatic nitrogens is 1. The number of aromatic carboxylic acids is 1. The highest BCUT2D eigenvalue weighted by atomic mass is 79.9. The second-order valence-electron chi connectivity index (χ2n) is 4.55. The third-order valence-corrected chi connectivity index (χ3v) is 3.58. The fourth-order valence-electron chi connectivity index (χ4n) is 1.92. The first-order valence-electron chi connectivity index (χ1n) is 6.20. The highest BCUT2D eigenvalue weighted by Gasteiger charge is 2.10. The van der Waals surface area contributed by atoms with Gasteiger partial charge < -0.3 is 10.4 Å². The Kier molecular flexibility index (Phi) is 4.39. The van der Waals surface area contributed by atoms with Gasteiger partial charge in [0.05, 0.1) is 11.3 Å². The van der Waals surface area contributed by atoms with Gasteiger partial charge in [-0.1, -0.05) is 28.1 Å². The summed E-state index contributed by atoms with van der Waals surface area (Å²) in [5, 5.41) is 12.2. The van der Waals surface area contributed by atoms with Crippen LogP contribution in [0.1, 0.15) is 34.6 Å². The van der Waals surface area contributed by atoms with Crippen molar-refractivity contribution < 1.29 is 9.90 Å². The maximum Gasteiger partial charge on any atom is 0.337 e. The molecule has 0 amide bonds. The number of carboxylic acid groups (broad SMARTS) is 1. The number of aryl methyl sites for hydroxylation is 1. The highest BCUT2D eigenvalue weighted by Crippen LogP contribution is 2.21. The second kappa shape index (κ2) is 6.05. The van der Waals surface area contributed by atoms with Crippen molar-refractivity contribution >= 4 is 27.7 Å². The van der Waals surface area contributed by atoms with E-state index in [9.17, 15) is 4.79 Å². The summed E-state index contributed by atoms with van der Waals surface area (Å²) < 4.78 is 1.04. The van der Waals surface area contributed by atoms with Crippen LogP contribution in [0, 0.1) is 6.92 Å². The van der Waals surface area contributed by atoms with Crippen LogP contribution in [0.15, 0.2) is 40.9 Å². The zero-order chi connectivity index (χ0) is 14.7. The molecule has 0 aliphatic carbocycles. The minimum absolute atomic E-state index is 0.0886. The average Bonchev–Trinajstić information content (AvgIpc) is 2.39. The Bertz CT molecular complexity index is 626. The summed E-state index contributed by atoms with van der Waals surface area (Å²) >= 11 is 3.40. The molecule has 1 aromatic heterocycles. The Morgan fingerprint density at radius 1 is 1.25 bits per heavy atom. The minimum atomic E-state index is -0.956. The molecular formula is C15H15BrN2O2. The molecule has 1 aromatic carbocycles. The van der Waals surface area contributed by atoms with Crippen molar-refractivity contribution in [2.45, 2.75) is 19.9 Å². The Morgan fingerprint density at radius 3 is 2.45 bits per heavy atom. The summed E-state index contributed by atoms with van der Waals surface area (Å²) in [6, 6.07) is 11.4. The van der Waals surface area contributed by atoms with Crippen LogP contribution in [0.5, 0.6) is 0 Å². The first kappa shape index (κ1) is 14.5. The first-order valence-corrected chi connectivity index (χ1v) is 6.99. The van der Waals surface area contributed by atoms with E-state index in [1.54, 1.807) is 19.1 Å². The minimum Gasteiger partial charge on any atom is -0.478 e. The van der Waals surface area contributed by atoms with Crippen LogP contribution in [0.4, 0.5) is 5.82 Å². The van der Waals surface area contributed by atoms with E-state index >= 15 is 0 Å². The first-order chi connectivity index (χ1) is 9.47. The molecule has 5 heteroatoms. The van der Waals surface area contributed by atoms with Crippen molar-refractivity contribution in [2.24, 2.45) is 0 Å². The molecule has 0 aliphatic rings. The monoisotopic (exact) mass is 334 g/mol. The van der Waals surface area contributed by atoms with Crippen LogP contribution < -0.4 is 5.32 Å². The summed E-state index contributed by atoms with van der Waals surface area (Å²) in [6.07, 6.45) is 0. The van der Waals surface area contributed by atoms with E-state index < -0.39 is 5.97 Å². The topological polar surface area (TPSA) is 62.2 Å². The molecule has 0 bridgehead atoms. The van der Waals surface area contributed by atoms with E-state index in [4.69, 9.17) is 5.11 Å². The number of hydrogen-bond acceptors (Lipinski definition) is 3. The van der Waals surface area contributed by atoms with Gasteiger partial charge in [0.2, 0.25) is 0 Å². The van der Waals surface area contributed by atoms with E-state index in [0.29, 0.717) is 11.5 Å². The van der Waals surface area contributed by atoms with E-state index in [-0.39, 0.29) is 11.6 Å². The highest BCUT2D eigenvalue weighted by molar-refractivity contribution is 9.10. The maximum absolute atomic E-state index is 10.9. The summed E-state index contributed by atoms with van der Waals surface area (Å²) in [6.45, 7) is 3.73. The zero-order valence-corrected chi connectivity index (χ0v) is 12.8. The molecule has 1 unspecified atom stereocenters. The standard InChI is InChI=1S/C15H15BrN2O2/c1-9(11-3-5-12(16)6-4-11)17-14-8-7-13(15(19)20)10(2)18-14/h3-9H,1-2H3,(H,17,18)(H,19,20). The van der Waals surface area contributed by atoms with Crippen LogP contribution in [0.3, 0.4) is 0 Å². The van der Waals surface area contributed by atoms with Gasteiger partial charge in [0.1, 0.15) is 5.82 Å². The van der Waals surface area contributed by atoms with Crippen LogP contribution in [-0.2, 0) is 0 Å². The smallest absolute Gasteiger partial charge is 0.337 e. The molecule has 0 radical (unpaired) electrons. The predicted molar refractivity (Wildman–Crippen MR) is 82.1 cm³/mol.